The zero-order valence-electron chi connectivity index (χ0n) is 15.2. The summed E-state index contributed by atoms with van der Waals surface area (Å²) in [5.74, 6) is -0.458. The lowest BCUT2D eigenvalue weighted by atomic mass is 10.1. The Morgan fingerprint density at radius 1 is 1.39 bits per heavy atom. The van der Waals surface area contributed by atoms with Gasteiger partial charge < -0.3 is 10.2 Å². The molecule has 0 radical (unpaired) electrons. The molecule has 2 N–H and O–H groups in total. The molecule has 3 amide bonds. The maximum Gasteiger partial charge on any atom is 0.321 e. The molecule has 148 valence electrons. The van der Waals surface area contributed by atoms with Gasteiger partial charge in [-0.15, -0.1) is 0 Å². The van der Waals surface area contributed by atoms with Crippen LogP contribution in [-0.2, 0) is 13.0 Å². The minimum absolute atomic E-state index is 0.00353. The number of thiazole rings is 1. The molecule has 0 atom stereocenters. The van der Waals surface area contributed by atoms with Crippen LogP contribution in [0.25, 0.3) is 0 Å². The number of nitro benzene ring substituents is 1. The zero-order chi connectivity index (χ0) is 20.4. The van der Waals surface area contributed by atoms with Gasteiger partial charge in [-0.05, 0) is 26.0 Å². The zero-order valence-corrected chi connectivity index (χ0v) is 16.8. The Morgan fingerprint density at radius 2 is 2.14 bits per heavy atom. The summed E-state index contributed by atoms with van der Waals surface area (Å²) in [6, 6.07) is 3.58. The quantitative estimate of drug-likeness (QED) is 0.577. The number of halogens is 1. The van der Waals surface area contributed by atoms with E-state index in [1.54, 1.807) is 0 Å². The molecule has 28 heavy (non-hydrogen) atoms. The molecule has 2 aromatic rings. The molecular formula is C17H18ClN5O4S. The van der Waals surface area contributed by atoms with Crippen molar-refractivity contribution in [2.45, 2.75) is 32.9 Å². The van der Waals surface area contributed by atoms with Gasteiger partial charge in [-0.3, -0.25) is 20.2 Å². The molecule has 2 heterocycles. The van der Waals surface area contributed by atoms with Gasteiger partial charge in [-0.1, -0.05) is 22.9 Å². The predicted octanol–water partition coefficient (Wildman–Crippen LogP) is 3.43. The summed E-state index contributed by atoms with van der Waals surface area (Å²) in [5, 5.41) is 17.3. The number of carbonyl (C=O) groups is 2. The fourth-order valence-corrected chi connectivity index (χ4v) is 4.02. The van der Waals surface area contributed by atoms with Gasteiger partial charge in [0.2, 0.25) is 0 Å². The molecule has 1 aliphatic heterocycles. The highest BCUT2D eigenvalue weighted by Gasteiger charge is 2.29. The number of nitrogens with one attached hydrogen (secondary N) is 2. The Hall–Kier alpha value is -2.72. The summed E-state index contributed by atoms with van der Waals surface area (Å²) >= 11 is 7.21. The smallest absolute Gasteiger partial charge is 0.321 e. The van der Waals surface area contributed by atoms with Crippen LogP contribution in [0.2, 0.25) is 5.02 Å². The first-order valence-electron chi connectivity index (χ1n) is 8.54. The number of nitrogens with zero attached hydrogens (tertiary/aromatic N) is 3. The van der Waals surface area contributed by atoms with Crippen molar-refractivity contribution >= 4 is 45.7 Å². The van der Waals surface area contributed by atoms with Crippen LogP contribution in [0.15, 0.2) is 18.2 Å². The van der Waals surface area contributed by atoms with Crippen LogP contribution in [0.3, 0.4) is 0 Å². The Bertz CT molecular complexity index is 946. The molecule has 3 rings (SSSR count). The maximum atomic E-state index is 12.9. The van der Waals surface area contributed by atoms with Gasteiger partial charge in [-0.2, -0.15) is 0 Å². The van der Waals surface area contributed by atoms with Crippen LogP contribution >= 0.6 is 22.9 Å². The van der Waals surface area contributed by atoms with Crippen LogP contribution in [0.1, 0.15) is 34.8 Å². The van der Waals surface area contributed by atoms with Crippen molar-refractivity contribution in [1.29, 1.82) is 0 Å². The number of aromatic nitrogens is 1. The second kappa shape index (κ2) is 8.11. The van der Waals surface area contributed by atoms with Gasteiger partial charge in [0.05, 0.1) is 17.2 Å². The van der Waals surface area contributed by atoms with Crippen molar-refractivity contribution in [3.05, 3.63) is 49.5 Å². The lowest BCUT2D eigenvalue weighted by Crippen LogP contribution is -2.35. The van der Waals surface area contributed by atoms with Gasteiger partial charge in [0, 0.05) is 35.0 Å². The van der Waals surface area contributed by atoms with E-state index in [4.69, 9.17) is 11.6 Å². The maximum absolute atomic E-state index is 12.9. The number of urea groups is 1. The number of hydrogen-bond donors (Lipinski definition) is 2. The average Bonchev–Trinajstić information content (AvgIpc) is 3.00. The first-order chi connectivity index (χ1) is 13.2. The summed E-state index contributed by atoms with van der Waals surface area (Å²) in [5.41, 5.74) is 0.492. The highest BCUT2D eigenvalue weighted by molar-refractivity contribution is 7.15. The average molecular weight is 424 g/mol. The number of anilines is 1. The summed E-state index contributed by atoms with van der Waals surface area (Å²) < 4.78 is 0. The number of benzene rings is 1. The summed E-state index contributed by atoms with van der Waals surface area (Å²) in [6.07, 6.45) is 0.499. The van der Waals surface area contributed by atoms with E-state index in [0.29, 0.717) is 18.1 Å². The molecule has 1 aromatic heterocycles. The second-order valence-corrected chi connectivity index (χ2v) is 8.06. The largest absolute Gasteiger partial charge is 0.336 e. The van der Waals surface area contributed by atoms with Gasteiger partial charge in [0.1, 0.15) is 5.56 Å². The molecule has 0 unspecified atom stereocenters. The van der Waals surface area contributed by atoms with E-state index >= 15 is 0 Å². The first kappa shape index (κ1) is 20.0. The number of amides is 3. The third kappa shape index (κ3) is 4.39. The minimum atomic E-state index is -0.596. The Kier molecular flexibility index (Phi) is 5.80. The fourth-order valence-electron chi connectivity index (χ4n) is 2.83. The monoisotopic (exact) mass is 423 g/mol. The third-order valence-electron chi connectivity index (χ3n) is 4.04. The number of carbonyl (C=O) groups excluding carboxylic acids is 2. The van der Waals surface area contributed by atoms with E-state index in [1.165, 1.54) is 34.4 Å². The molecule has 0 saturated heterocycles. The summed E-state index contributed by atoms with van der Waals surface area (Å²) in [6.45, 7) is 4.34. The van der Waals surface area contributed by atoms with Crippen LogP contribution in [0.5, 0.6) is 0 Å². The molecule has 1 aromatic carbocycles. The van der Waals surface area contributed by atoms with Crippen molar-refractivity contribution < 1.29 is 14.5 Å². The number of fused-ring (bicyclic) bond motifs is 1. The van der Waals surface area contributed by atoms with Crippen LogP contribution in [-0.4, -0.2) is 39.3 Å². The van der Waals surface area contributed by atoms with Crippen LogP contribution in [0.4, 0.5) is 15.6 Å². The summed E-state index contributed by atoms with van der Waals surface area (Å²) in [4.78, 5) is 42.1. The van der Waals surface area contributed by atoms with E-state index in [9.17, 15) is 19.7 Å². The molecule has 0 saturated carbocycles. The molecule has 0 aliphatic carbocycles. The Labute approximate surface area is 169 Å². The molecule has 0 bridgehead atoms. The fraction of sp³-hybridized carbons (Fsp3) is 0.353. The second-order valence-electron chi connectivity index (χ2n) is 6.54. The third-order valence-corrected chi connectivity index (χ3v) is 5.28. The van der Waals surface area contributed by atoms with Crippen molar-refractivity contribution in [3.63, 3.8) is 0 Å². The Morgan fingerprint density at radius 3 is 2.82 bits per heavy atom. The van der Waals surface area contributed by atoms with Crippen molar-refractivity contribution in [2.24, 2.45) is 0 Å². The molecule has 0 fully saturated rings. The molecular weight excluding hydrogens is 406 g/mol. The number of nitro groups is 1. The van der Waals surface area contributed by atoms with Crippen LogP contribution in [0, 0.1) is 10.1 Å². The minimum Gasteiger partial charge on any atom is -0.336 e. The van der Waals surface area contributed by atoms with Crippen molar-refractivity contribution in [2.75, 3.05) is 11.9 Å². The Balaban J connectivity index is 1.77. The lowest BCUT2D eigenvalue weighted by Gasteiger charge is -2.26. The van der Waals surface area contributed by atoms with E-state index in [0.717, 1.165) is 10.6 Å². The van der Waals surface area contributed by atoms with Gasteiger partial charge >= 0.3 is 6.03 Å². The highest BCUT2D eigenvalue weighted by Crippen LogP contribution is 2.31. The number of rotatable bonds is 4. The molecule has 1 aliphatic rings. The van der Waals surface area contributed by atoms with E-state index in [2.05, 4.69) is 15.6 Å². The molecule has 11 heteroatoms. The highest BCUT2D eigenvalue weighted by atomic mass is 35.5. The van der Waals surface area contributed by atoms with Crippen molar-refractivity contribution in [1.82, 2.24) is 15.2 Å². The standard InChI is InChI=1S/C17H18ClN5O4S/c1-9(2)19-16(25)21-17-20-12-5-6-22(8-14(12)28-17)15(24)11-7-10(18)3-4-13(11)23(26)27/h3-4,7,9H,5-6,8H2,1-2H3,(H2,19,20,21,25). The van der Waals surface area contributed by atoms with E-state index in [1.807, 2.05) is 13.8 Å². The van der Waals surface area contributed by atoms with Crippen molar-refractivity contribution in [3.8, 4) is 0 Å². The van der Waals surface area contributed by atoms with E-state index < -0.39 is 10.8 Å². The lowest BCUT2D eigenvalue weighted by molar-refractivity contribution is -0.385. The molecule has 0 spiro atoms. The first-order valence-corrected chi connectivity index (χ1v) is 9.73. The summed E-state index contributed by atoms with van der Waals surface area (Å²) in [7, 11) is 0. The predicted molar refractivity (Wildman–Crippen MR) is 106 cm³/mol. The topological polar surface area (TPSA) is 117 Å². The van der Waals surface area contributed by atoms with Gasteiger partial charge in [0.15, 0.2) is 5.13 Å². The number of hydrogen-bond acceptors (Lipinski definition) is 6. The molecule has 9 nitrogen and oxygen atoms in total. The van der Waals surface area contributed by atoms with Crippen LogP contribution < -0.4 is 10.6 Å². The van der Waals surface area contributed by atoms with Gasteiger partial charge in [0.25, 0.3) is 11.6 Å². The SMILES string of the molecule is CC(C)NC(=O)Nc1nc2c(s1)CN(C(=O)c1cc(Cl)ccc1[N+](=O)[O-])CC2. The van der Waals surface area contributed by atoms with Gasteiger partial charge in [-0.25, -0.2) is 9.78 Å². The normalized spacial score (nSPS) is 13.2. The van der Waals surface area contributed by atoms with E-state index in [-0.39, 0.29) is 34.9 Å².